The van der Waals surface area contributed by atoms with Gasteiger partial charge in [-0.3, -0.25) is 9.59 Å². The molecule has 1 aliphatic rings. The first-order chi connectivity index (χ1) is 15.2. The minimum absolute atomic E-state index is 0.0688. The van der Waals surface area contributed by atoms with Gasteiger partial charge in [0.15, 0.2) is 5.76 Å². The molecule has 1 saturated heterocycles. The highest BCUT2D eigenvalue weighted by Crippen LogP contribution is 2.17. The van der Waals surface area contributed by atoms with Crippen molar-refractivity contribution in [2.45, 2.75) is 6.61 Å². The summed E-state index contributed by atoms with van der Waals surface area (Å²) in [6.07, 6.45) is 4.85. The topological polar surface area (TPSA) is 63.0 Å². The Bertz CT molecular complexity index is 1040. The maximum atomic E-state index is 12.6. The van der Waals surface area contributed by atoms with Gasteiger partial charge in [0.1, 0.15) is 12.4 Å². The molecule has 2 amide bonds. The van der Waals surface area contributed by atoms with Crippen LogP contribution in [0.3, 0.4) is 0 Å². The summed E-state index contributed by atoms with van der Waals surface area (Å²) in [6.45, 7) is 2.46. The summed E-state index contributed by atoms with van der Waals surface area (Å²) in [5.74, 6) is 0.873. The van der Waals surface area contributed by atoms with Gasteiger partial charge in [0, 0.05) is 32.3 Å². The van der Waals surface area contributed by atoms with Crippen molar-refractivity contribution in [3.63, 3.8) is 0 Å². The number of hydrogen-bond donors (Lipinski definition) is 0. The summed E-state index contributed by atoms with van der Waals surface area (Å²) in [4.78, 5) is 28.3. The van der Waals surface area contributed by atoms with Crippen molar-refractivity contribution in [1.29, 1.82) is 0 Å². The monoisotopic (exact) mass is 416 g/mol. The Morgan fingerprint density at radius 1 is 0.903 bits per heavy atom. The van der Waals surface area contributed by atoms with Crippen molar-refractivity contribution in [3.05, 3.63) is 96.0 Å². The Morgan fingerprint density at radius 2 is 1.68 bits per heavy atom. The van der Waals surface area contributed by atoms with Crippen molar-refractivity contribution in [2.75, 3.05) is 26.2 Å². The lowest BCUT2D eigenvalue weighted by Crippen LogP contribution is -2.50. The molecule has 2 heterocycles. The minimum atomic E-state index is -0.139. The van der Waals surface area contributed by atoms with Crippen molar-refractivity contribution in [3.8, 4) is 5.75 Å². The fraction of sp³-hybridized carbons (Fsp3) is 0.200. The molecule has 0 bridgehead atoms. The van der Waals surface area contributed by atoms with Crippen molar-refractivity contribution < 1.29 is 18.7 Å². The van der Waals surface area contributed by atoms with E-state index in [4.69, 9.17) is 9.15 Å². The number of carbonyl (C=O) groups excluding carboxylic acids is 2. The number of furan rings is 1. The van der Waals surface area contributed by atoms with Crippen molar-refractivity contribution >= 4 is 17.9 Å². The number of ether oxygens (including phenoxy) is 1. The smallest absolute Gasteiger partial charge is 0.289 e. The van der Waals surface area contributed by atoms with Crippen LogP contribution in [0.15, 0.2) is 83.5 Å². The first kappa shape index (κ1) is 20.5. The average molecular weight is 416 g/mol. The highest BCUT2D eigenvalue weighted by molar-refractivity contribution is 5.93. The lowest BCUT2D eigenvalue weighted by molar-refractivity contribution is -0.127. The van der Waals surface area contributed by atoms with E-state index in [0.29, 0.717) is 38.5 Å². The second-order valence-electron chi connectivity index (χ2n) is 7.27. The van der Waals surface area contributed by atoms with E-state index < -0.39 is 0 Å². The molecule has 2 aromatic carbocycles. The molecule has 6 heteroatoms. The largest absolute Gasteiger partial charge is 0.489 e. The number of nitrogens with zero attached hydrogens (tertiary/aromatic N) is 2. The highest BCUT2D eigenvalue weighted by Gasteiger charge is 2.25. The molecule has 6 nitrogen and oxygen atoms in total. The Morgan fingerprint density at radius 3 is 2.42 bits per heavy atom. The van der Waals surface area contributed by atoms with E-state index >= 15 is 0 Å². The van der Waals surface area contributed by atoms with Crippen LogP contribution in [0.5, 0.6) is 5.75 Å². The van der Waals surface area contributed by atoms with Crippen LogP contribution in [0.25, 0.3) is 6.08 Å². The molecular weight excluding hydrogens is 392 g/mol. The number of carbonyl (C=O) groups is 2. The first-order valence-electron chi connectivity index (χ1n) is 10.3. The number of hydrogen-bond acceptors (Lipinski definition) is 4. The number of rotatable bonds is 6. The van der Waals surface area contributed by atoms with E-state index in [1.165, 1.54) is 6.26 Å². The zero-order chi connectivity index (χ0) is 21.5. The van der Waals surface area contributed by atoms with Gasteiger partial charge < -0.3 is 19.0 Å². The number of amides is 2. The molecule has 0 N–H and O–H groups in total. The van der Waals surface area contributed by atoms with Gasteiger partial charge in [0.25, 0.3) is 5.91 Å². The van der Waals surface area contributed by atoms with Crippen LogP contribution in [-0.2, 0) is 11.4 Å². The van der Waals surface area contributed by atoms with Gasteiger partial charge in [-0.2, -0.15) is 0 Å². The summed E-state index contributed by atoms with van der Waals surface area (Å²) < 4.78 is 11.0. The molecule has 0 aliphatic carbocycles. The predicted octanol–water partition coefficient (Wildman–Crippen LogP) is 3.86. The van der Waals surface area contributed by atoms with Crippen LogP contribution < -0.4 is 4.74 Å². The van der Waals surface area contributed by atoms with Crippen LogP contribution in [0.2, 0.25) is 0 Å². The summed E-state index contributed by atoms with van der Waals surface area (Å²) in [5.41, 5.74) is 1.99. The van der Waals surface area contributed by atoms with E-state index in [0.717, 1.165) is 16.9 Å². The lowest BCUT2D eigenvalue weighted by atomic mass is 10.2. The van der Waals surface area contributed by atoms with E-state index in [1.54, 1.807) is 34.1 Å². The van der Waals surface area contributed by atoms with Gasteiger partial charge in [-0.1, -0.05) is 42.5 Å². The normalized spacial score (nSPS) is 14.1. The Hall–Kier alpha value is -3.80. The molecular formula is C25H24N2O4. The van der Waals surface area contributed by atoms with Crippen LogP contribution in [-0.4, -0.2) is 47.8 Å². The molecule has 1 aliphatic heterocycles. The van der Waals surface area contributed by atoms with Crippen molar-refractivity contribution in [2.24, 2.45) is 0 Å². The fourth-order valence-corrected chi connectivity index (χ4v) is 3.41. The van der Waals surface area contributed by atoms with Gasteiger partial charge in [-0.15, -0.1) is 0 Å². The van der Waals surface area contributed by atoms with Crippen LogP contribution in [0, 0.1) is 0 Å². The van der Waals surface area contributed by atoms with Gasteiger partial charge in [0.2, 0.25) is 5.91 Å². The molecule has 1 aromatic heterocycles. The van der Waals surface area contributed by atoms with E-state index in [1.807, 2.05) is 54.6 Å². The Kier molecular flexibility index (Phi) is 6.47. The van der Waals surface area contributed by atoms with Gasteiger partial charge in [-0.05, 0) is 41.5 Å². The SMILES string of the molecule is O=C(/C=C/c1cccc(OCc2ccccc2)c1)N1CCN(C(=O)c2ccco2)CC1. The third kappa shape index (κ3) is 5.42. The fourth-order valence-electron chi connectivity index (χ4n) is 3.41. The molecule has 31 heavy (non-hydrogen) atoms. The second-order valence-corrected chi connectivity index (χ2v) is 7.27. The molecule has 0 saturated carbocycles. The van der Waals surface area contributed by atoms with Gasteiger partial charge in [0.05, 0.1) is 6.26 Å². The zero-order valence-corrected chi connectivity index (χ0v) is 17.1. The highest BCUT2D eigenvalue weighted by atomic mass is 16.5. The minimum Gasteiger partial charge on any atom is -0.489 e. The number of benzene rings is 2. The quantitative estimate of drug-likeness (QED) is 0.573. The van der Waals surface area contributed by atoms with Crippen molar-refractivity contribution in [1.82, 2.24) is 9.80 Å². The van der Waals surface area contributed by atoms with Gasteiger partial charge in [-0.25, -0.2) is 0 Å². The summed E-state index contributed by atoms with van der Waals surface area (Å²) in [5, 5.41) is 0. The Labute approximate surface area is 181 Å². The molecule has 158 valence electrons. The molecule has 0 atom stereocenters. The number of piperazine rings is 1. The molecule has 4 rings (SSSR count). The van der Waals surface area contributed by atoms with E-state index in [-0.39, 0.29) is 11.8 Å². The second kappa shape index (κ2) is 9.80. The average Bonchev–Trinajstić information content (AvgIpc) is 3.37. The third-order valence-corrected chi connectivity index (χ3v) is 5.14. The third-order valence-electron chi connectivity index (χ3n) is 5.14. The summed E-state index contributed by atoms with van der Waals surface area (Å²) in [7, 11) is 0. The molecule has 1 fully saturated rings. The van der Waals surface area contributed by atoms with Gasteiger partial charge >= 0.3 is 0 Å². The zero-order valence-electron chi connectivity index (χ0n) is 17.1. The maximum Gasteiger partial charge on any atom is 0.289 e. The van der Waals surface area contributed by atoms with E-state index in [9.17, 15) is 9.59 Å². The predicted molar refractivity (Wildman–Crippen MR) is 117 cm³/mol. The molecule has 0 radical (unpaired) electrons. The van der Waals surface area contributed by atoms with Crippen LogP contribution in [0.1, 0.15) is 21.7 Å². The maximum absolute atomic E-state index is 12.6. The molecule has 0 spiro atoms. The molecule has 0 unspecified atom stereocenters. The summed E-state index contributed by atoms with van der Waals surface area (Å²) in [6, 6.07) is 21.0. The van der Waals surface area contributed by atoms with Crippen LogP contribution >= 0.6 is 0 Å². The van der Waals surface area contributed by atoms with Crippen LogP contribution in [0.4, 0.5) is 0 Å². The first-order valence-corrected chi connectivity index (χ1v) is 10.3. The van der Waals surface area contributed by atoms with E-state index in [2.05, 4.69) is 0 Å². The summed E-state index contributed by atoms with van der Waals surface area (Å²) >= 11 is 0. The standard InChI is InChI=1S/C25H24N2O4/c28-24(26-13-15-27(16-14-26)25(29)23-10-5-17-30-23)12-11-20-8-4-9-22(18-20)31-19-21-6-2-1-3-7-21/h1-12,17-18H,13-16,19H2/b12-11+. The Balaban J connectivity index is 1.29. The lowest BCUT2D eigenvalue weighted by Gasteiger charge is -2.33. The molecule has 3 aromatic rings.